The molecular formula is C14H13IN2O. The fourth-order valence-electron chi connectivity index (χ4n) is 1.56. The summed E-state index contributed by atoms with van der Waals surface area (Å²) in [4.78, 5) is 12.0. The van der Waals surface area contributed by atoms with Crippen molar-refractivity contribution >= 4 is 34.2 Å². The fourth-order valence-corrected chi connectivity index (χ4v) is 2.10. The minimum Gasteiger partial charge on any atom is -0.326 e. The van der Waals surface area contributed by atoms with Crippen molar-refractivity contribution in [1.82, 2.24) is 0 Å². The van der Waals surface area contributed by atoms with Crippen molar-refractivity contribution in [2.75, 3.05) is 5.32 Å². The molecule has 0 saturated carbocycles. The van der Waals surface area contributed by atoms with E-state index in [2.05, 4.69) is 27.9 Å². The first kappa shape index (κ1) is 13.0. The quantitative estimate of drug-likeness (QED) is 0.835. The largest absolute Gasteiger partial charge is 0.326 e. The zero-order valence-corrected chi connectivity index (χ0v) is 11.8. The van der Waals surface area contributed by atoms with E-state index in [1.165, 1.54) is 0 Å². The molecule has 4 heteroatoms. The van der Waals surface area contributed by atoms with Gasteiger partial charge in [0.15, 0.2) is 0 Å². The van der Waals surface area contributed by atoms with Gasteiger partial charge in [-0.05, 0) is 58.5 Å². The lowest BCUT2D eigenvalue weighted by Gasteiger charge is -2.06. The highest BCUT2D eigenvalue weighted by Crippen LogP contribution is 2.14. The molecule has 0 atom stereocenters. The van der Waals surface area contributed by atoms with E-state index in [-0.39, 0.29) is 5.91 Å². The molecule has 0 aliphatic carbocycles. The van der Waals surface area contributed by atoms with Gasteiger partial charge in [-0.25, -0.2) is 0 Å². The zero-order chi connectivity index (χ0) is 13.0. The maximum atomic E-state index is 12.0. The Bertz CT molecular complexity index is 552. The van der Waals surface area contributed by atoms with E-state index in [4.69, 9.17) is 5.73 Å². The molecule has 2 aromatic rings. The Morgan fingerprint density at radius 1 is 1.17 bits per heavy atom. The first-order valence-corrected chi connectivity index (χ1v) is 6.63. The number of nitrogens with two attached hydrogens (primary N) is 1. The van der Waals surface area contributed by atoms with Gasteiger partial charge in [-0.15, -0.1) is 0 Å². The highest BCUT2D eigenvalue weighted by Gasteiger charge is 2.05. The first-order chi connectivity index (χ1) is 8.69. The lowest BCUT2D eigenvalue weighted by molar-refractivity contribution is 0.102. The second kappa shape index (κ2) is 5.97. The van der Waals surface area contributed by atoms with E-state index >= 15 is 0 Å². The summed E-state index contributed by atoms with van der Waals surface area (Å²) in [6.45, 7) is 0.485. The van der Waals surface area contributed by atoms with Gasteiger partial charge in [-0.1, -0.05) is 18.2 Å². The second-order valence-corrected chi connectivity index (χ2v) is 5.11. The van der Waals surface area contributed by atoms with Crippen molar-refractivity contribution in [3.05, 3.63) is 63.2 Å². The van der Waals surface area contributed by atoms with Crippen LogP contribution in [0.15, 0.2) is 48.5 Å². The van der Waals surface area contributed by atoms with E-state index in [1.807, 2.05) is 36.4 Å². The van der Waals surface area contributed by atoms with Crippen LogP contribution in [0.2, 0.25) is 0 Å². The summed E-state index contributed by atoms with van der Waals surface area (Å²) >= 11 is 2.21. The molecule has 3 N–H and O–H groups in total. The van der Waals surface area contributed by atoms with Gasteiger partial charge >= 0.3 is 0 Å². The summed E-state index contributed by atoms with van der Waals surface area (Å²) in [5, 5.41) is 2.86. The average Bonchev–Trinajstić information content (AvgIpc) is 2.39. The Balaban J connectivity index is 2.11. The molecule has 0 heterocycles. The van der Waals surface area contributed by atoms with Gasteiger partial charge in [0.25, 0.3) is 5.91 Å². The van der Waals surface area contributed by atoms with Gasteiger partial charge in [0.1, 0.15) is 0 Å². The van der Waals surface area contributed by atoms with E-state index in [0.29, 0.717) is 12.1 Å². The van der Waals surface area contributed by atoms with Crippen LogP contribution in [-0.2, 0) is 6.54 Å². The second-order valence-electron chi connectivity index (χ2n) is 3.87. The molecule has 0 radical (unpaired) electrons. The standard InChI is InChI=1S/C14H13IN2O/c15-12-2-1-3-13(8-12)17-14(18)11-6-4-10(9-16)5-7-11/h1-8H,9,16H2,(H,17,18). The molecule has 0 unspecified atom stereocenters. The highest BCUT2D eigenvalue weighted by molar-refractivity contribution is 14.1. The molecule has 0 saturated heterocycles. The van der Waals surface area contributed by atoms with Gasteiger partial charge in [0.05, 0.1) is 0 Å². The number of nitrogens with one attached hydrogen (secondary N) is 1. The molecule has 0 bridgehead atoms. The maximum Gasteiger partial charge on any atom is 0.255 e. The third kappa shape index (κ3) is 3.30. The van der Waals surface area contributed by atoms with E-state index in [1.54, 1.807) is 12.1 Å². The van der Waals surface area contributed by atoms with Crippen molar-refractivity contribution in [2.45, 2.75) is 6.54 Å². The summed E-state index contributed by atoms with van der Waals surface area (Å²) in [5.41, 5.74) is 7.96. The lowest BCUT2D eigenvalue weighted by atomic mass is 10.1. The number of anilines is 1. The van der Waals surface area contributed by atoms with Gasteiger partial charge in [-0.2, -0.15) is 0 Å². The number of rotatable bonds is 3. The Morgan fingerprint density at radius 2 is 1.89 bits per heavy atom. The van der Waals surface area contributed by atoms with Crippen LogP contribution < -0.4 is 11.1 Å². The van der Waals surface area contributed by atoms with Crippen LogP contribution in [0.1, 0.15) is 15.9 Å². The van der Waals surface area contributed by atoms with Crippen molar-refractivity contribution < 1.29 is 4.79 Å². The molecule has 0 aliphatic rings. The number of hydrogen-bond acceptors (Lipinski definition) is 2. The topological polar surface area (TPSA) is 55.1 Å². The molecule has 0 fully saturated rings. The molecule has 18 heavy (non-hydrogen) atoms. The van der Waals surface area contributed by atoms with Crippen LogP contribution in [0.3, 0.4) is 0 Å². The highest BCUT2D eigenvalue weighted by atomic mass is 127. The average molecular weight is 352 g/mol. The molecule has 1 amide bonds. The molecular weight excluding hydrogens is 339 g/mol. The minimum atomic E-state index is -0.111. The minimum absolute atomic E-state index is 0.111. The summed E-state index contributed by atoms with van der Waals surface area (Å²) in [5.74, 6) is -0.111. The van der Waals surface area contributed by atoms with Crippen molar-refractivity contribution in [1.29, 1.82) is 0 Å². The number of carbonyl (C=O) groups excluding carboxylic acids is 1. The summed E-state index contributed by atoms with van der Waals surface area (Å²) in [6, 6.07) is 15.0. The van der Waals surface area contributed by atoms with Gasteiger partial charge < -0.3 is 11.1 Å². The number of halogens is 1. The third-order valence-electron chi connectivity index (χ3n) is 2.53. The van der Waals surface area contributed by atoms with Crippen molar-refractivity contribution in [3.63, 3.8) is 0 Å². The Morgan fingerprint density at radius 3 is 2.50 bits per heavy atom. The van der Waals surface area contributed by atoms with Crippen LogP contribution >= 0.6 is 22.6 Å². The van der Waals surface area contributed by atoms with Gasteiger partial charge in [-0.3, -0.25) is 4.79 Å². The van der Waals surface area contributed by atoms with Crippen LogP contribution in [0.4, 0.5) is 5.69 Å². The van der Waals surface area contributed by atoms with Crippen LogP contribution in [0.5, 0.6) is 0 Å². The van der Waals surface area contributed by atoms with Crippen LogP contribution in [0, 0.1) is 3.57 Å². The maximum absolute atomic E-state index is 12.0. The monoisotopic (exact) mass is 352 g/mol. The number of carbonyl (C=O) groups is 1. The zero-order valence-electron chi connectivity index (χ0n) is 9.69. The van der Waals surface area contributed by atoms with E-state index in [0.717, 1.165) is 14.8 Å². The van der Waals surface area contributed by atoms with Crippen LogP contribution in [0.25, 0.3) is 0 Å². The molecule has 2 aromatic carbocycles. The molecule has 2 rings (SSSR count). The third-order valence-corrected chi connectivity index (χ3v) is 3.21. The predicted molar refractivity (Wildman–Crippen MR) is 81.4 cm³/mol. The van der Waals surface area contributed by atoms with Gasteiger partial charge in [0.2, 0.25) is 0 Å². The number of benzene rings is 2. The molecule has 92 valence electrons. The number of amides is 1. The Hall–Kier alpha value is -1.40. The van der Waals surface area contributed by atoms with E-state index in [9.17, 15) is 4.79 Å². The van der Waals surface area contributed by atoms with Crippen molar-refractivity contribution in [2.24, 2.45) is 5.73 Å². The fraction of sp³-hybridized carbons (Fsp3) is 0.0714. The molecule has 0 aromatic heterocycles. The van der Waals surface area contributed by atoms with Crippen molar-refractivity contribution in [3.8, 4) is 0 Å². The Labute approximate surface area is 120 Å². The lowest BCUT2D eigenvalue weighted by Crippen LogP contribution is -2.12. The molecule has 0 spiro atoms. The summed E-state index contributed by atoms with van der Waals surface area (Å²) < 4.78 is 1.09. The normalized spacial score (nSPS) is 10.1. The SMILES string of the molecule is NCc1ccc(C(=O)Nc2cccc(I)c2)cc1. The Kier molecular flexibility index (Phi) is 4.33. The van der Waals surface area contributed by atoms with Gasteiger partial charge in [0, 0.05) is 21.4 Å². The van der Waals surface area contributed by atoms with E-state index < -0.39 is 0 Å². The smallest absolute Gasteiger partial charge is 0.255 e. The summed E-state index contributed by atoms with van der Waals surface area (Å²) in [6.07, 6.45) is 0. The molecule has 3 nitrogen and oxygen atoms in total. The molecule has 0 aliphatic heterocycles. The first-order valence-electron chi connectivity index (χ1n) is 5.55. The predicted octanol–water partition coefficient (Wildman–Crippen LogP) is 3.00. The summed E-state index contributed by atoms with van der Waals surface area (Å²) in [7, 11) is 0. The number of hydrogen-bond donors (Lipinski definition) is 2. The van der Waals surface area contributed by atoms with Crippen LogP contribution in [-0.4, -0.2) is 5.91 Å².